The van der Waals surface area contributed by atoms with Gasteiger partial charge in [-0.1, -0.05) is 63.2 Å². The number of thioether (sulfide) groups is 1. The number of esters is 1. The number of carbonyl (C=O) groups excluding carboxylic acids is 4. The number of anilines is 3. The van der Waals surface area contributed by atoms with Crippen LogP contribution in [0.15, 0.2) is 90.0 Å². The van der Waals surface area contributed by atoms with Crippen LogP contribution in [-0.4, -0.2) is 90.3 Å². The minimum atomic E-state index is -3.70. The fourth-order valence-corrected chi connectivity index (χ4v) is 7.55. The Balaban J connectivity index is 1.42. The van der Waals surface area contributed by atoms with Crippen LogP contribution < -0.4 is 31.7 Å². The molecule has 1 unspecified atom stereocenters. The molecule has 0 spiro atoms. The monoisotopic (exact) mass is 920 g/mol. The lowest BCUT2D eigenvalue weighted by Gasteiger charge is -2.27. The van der Waals surface area contributed by atoms with Gasteiger partial charge in [-0.25, -0.2) is 31.8 Å². The molecule has 4 atom stereocenters. The standard InChI is InChI=1S/C44H53FN8O9S2/c1-7-63-44(61-41(56)38(26(2)3)50-40(55)34(47)10-8-9-23-46)62-43(57)53(35-21-20-33(64(6,58)59)24-36(35)60-5)42-49-37-22-15-30(25-52(37)51-42)29-13-18-32(19-14-29)48-39(54)27(4)28-11-16-31(45)17-12-28/h11-22,24-27,34,38,44H,7-10,23,46-47H2,1-6H3,(H,48,54)(H,50,55)/t27-,34+,38+,44?/m1/s1. The summed E-state index contributed by atoms with van der Waals surface area (Å²) in [7, 11) is -2.41. The van der Waals surface area contributed by atoms with Gasteiger partial charge in [0.05, 0.1) is 29.7 Å². The third kappa shape index (κ3) is 12.5. The minimum absolute atomic E-state index is 0.00457. The molecule has 0 bridgehead atoms. The molecule has 20 heteroatoms. The van der Waals surface area contributed by atoms with Gasteiger partial charge < -0.3 is 36.3 Å². The molecule has 6 N–H and O–H groups in total. The van der Waals surface area contributed by atoms with Gasteiger partial charge in [-0.3, -0.25) is 9.59 Å². The number of carbonyl (C=O) groups is 4. The molecule has 2 heterocycles. The number of hydrogen-bond donors (Lipinski definition) is 4. The van der Waals surface area contributed by atoms with Crippen LogP contribution in [0, 0.1) is 11.7 Å². The fourth-order valence-electron chi connectivity index (χ4n) is 6.33. The predicted octanol–water partition coefficient (Wildman–Crippen LogP) is 6.14. The molecule has 0 saturated heterocycles. The zero-order chi connectivity index (χ0) is 46.7. The predicted molar refractivity (Wildman–Crippen MR) is 242 cm³/mol. The molecule has 0 fully saturated rings. The summed E-state index contributed by atoms with van der Waals surface area (Å²) in [5.74, 6) is -2.94. The van der Waals surface area contributed by atoms with Crippen molar-refractivity contribution in [1.82, 2.24) is 19.9 Å². The zero-order valence-electron chi connectivity index (χ0n) is 36.3. The summed E-state index contributed by atoms with van der Waals surface area (Å²) in [5, 5.41) is 10.1. The molecule has 0 radical (unpaired) electrons. The number of sulfone groups is 1. The fraction of sp³-hybridized carbons (Fsp3) is 0.364. The number of ether oxygens (including phenoxy) is 3. The molecular weight excluding hydrogens is 868 g/mol. The minimum Gasteiger partial charge on any atom is -0.495 e. The number of rotatable bonds is 20. The highest BCUT2D eigenvalue weighted by molar-refractivity contribution is 7.99. The van der Waals surface area contributed by atoms with E-state index in [9.17, 15) is 32.0 Å². The van der Waals surface area contributed by atoms with E-state index in [1.807, 2.05) is 0 Å². The Bertz CT molecular complexity index is 2540. The number of amides is 3. The maximum Gasteiger partial charge on any atom is 0.425 e. The third-order valence-electron chi connectivity index (χ3n) is 10.0. The van der Waals surface area contributed by atoms with Crippen molar-refractivity contribution in [3.63, 3.8) is 0 Å². The SMILES string of the molecule is CCSC(OC(=O)[C@@H](NC(=O)[C@@H](N)CCCCN)C(C)C)OC(=O)N(c1nc2ccc(-c3ccc(NC(=O)[C@H](C)c4ccc(F)cc4)cc3)cn2n1)c1ccc(S(C)(=O)=O)cc1OC. The van der Waals surface area contributed by atoms with E-state index in [2.05, 4.69) is 20.7 Å². The molecule has 3 aromatic carbocycles. The van der Waals surface area contributed by atoms with Gasteiger partial charge in [0.2, 0.25) is 11.8 Å². The van der Waals surface area contributed by atoms with Crippen LogP contribution in [0.1, 0.15) is 58.4 Å². The maximum absolute atomic E-state index is 14.4. The first-order valence-corrected chi connectivity index (χ1v) is 23.4. The van der Waals surface area contributed by atoms with Gasteiger partial charge in [0.25, 0.3) is 11.6 Å². The average Bonchev–Trinajstić information content (AvgIpc) is 3.68. The molecule has 0 aliphatic heterocycles. The molecule has 0 saturated carbocycles. The summed E-state index contributed by atoms with van der Waals surface area (Å²) in [4.78, 5) is 59.3. The number of unbranched alkanes of at least 4 members (excludes halogenated alkanes) is 1. The highest BCUT2D eigenvalue weighted by Gasteiger charge is 2.34. The van der Waals surface area contributed by atoms with Crippen LogP contribution in [0.3, 0.4) is 0 Å². The Hall–Kier alpha value is -6.09. The van der Waals surface area contributed by atoms with Crippen LogP contribution in [-0.2, 0) is 33.7 Å². The number of pyridine rings is 1. The van der Waals surface area contributed by atoms with Crippen molar-refractivity contribution in [3.8, 4) is 16.9 Å². The Morgan fingerprint density at radius 1 is 0.922 bits per heavy atom. The summed E-state index contributed by atoms with van der Waals surface area (Å²) in [6.07, 6.45) is 3.27. The first-order valence-electron chi connectivity index (χ1n) is 20.4. The number of nitrogens with one attached hydrogen (secondary N) is 2. The number of methoxy groups -OCH3 is 1. The van der Waals surface area contributed by atoms with Gasteiger partial charge in [0.15, 0.2) is 15.5 Å². The molecule has 3 amide bonds. The van der Waals surface area contributed by atoms with Gasteiger partial charge in [0, 0.05) is 29.8 Å². The lowest BCUT2D eigenvalue weighted by atomic mass is 10.00. The molecule has 0 aliphatic rings. The quantitative estimate of drug-likeness (QED) is 0.0390. The van der Waals surface area contributed by atoms with Crippen LogP contribution >= 0.6 is 11.8 Å². The topological polar surface area (TPSA) is 240 Å². The highest BCUT2D eigenvalue weighted by atomic mass is 32.2. The van der Waals surface area contributed by atoms with E-state index in [4.69, 9.17) is 25.7 Å². The van der Waals surface area contributed by atoms with E-state index in [0.717, 1.165) is 28.5 Å². The Morgan fingerprint density at radius 3 is 2.23 bits per heavy atom. The Morgan fingerprint density at radius 2 is 1.61 bits per heavy atom. The van der Waals surface area contributed by atoms with Crippen molar-refractivity contribution in [2.45, 2.75) is 75.5 Å². The second kappa shape index (κ2) is 22.0. The molecule has 17 nitrogen and oxygen atoms in total. The van der Waals surface area contributed by atoms with Crippen molar-refractivity contribution >= 4 is 68.4 Å². The average molecular weight is 921 g/mol. The van der Waals surface area contributed by atoms with Gasteiger partial charge in [0.1, 0.15) is 17.6 Å². The number of aromatic nitrogens is 3. The lowest BCUT2D eigenvalue weighted by molar-refractivity contribution is -0.160. The van der Waals surface area contributed by atoms with Gasteiger partial charge in [-0.15, -0.1) is 5.10 Å². The van der Waals surface area contributed by atoms with E-state index in [-0.39, 0.29) is 34.0 Å². The van der Waals surface area contributed by atoms with Crippen LogP contribution in [0.4, 0.5) is 26.5 Å². The van der Waals surface area contributed by atoms with Gasteiger partial charge >= 0.3 is 12.1 Å². The Kier molecular flexibility index (Phi) is 16.8. The second-order valence-electron chi connectivity index (χ2n) is 15.1. The number of hydrogen-bond acceptors (Lipinski definition) is 14. The molecule has 342 valence electrons. The largest absolute Gasteiger partial charge is 0.495 e. The summed E-state index contributed by atoms with van der Waals surface area (Å²) in [6.45, 7) is 7.37. The van der Waals surface area contributed by atoms with Gasteiger partial charge in [-0.05, 0) is 97.6 Å². The maximum atomic E-state index is 14.4. The van der Waals surface area contributed by atoms with Gasteiger partial charge in [-0.2, -0.15) is 4.98 Å². The van der Waals surface area contributed by atoms with Crippen LogP contribution in [0.25, 0.3) is 16.8 Å². The number of benzene rings is 3. The Labute approximate surface area is 375 Å². The smallest absolute Gasteiger partial charge is 0.425 e. The molecule has 64 heavy (non-hydrogen) atoms. The van der Waals surface area contributed by atoms with Crippen molar-refractivity contribution in [3.05, 3.63) is 96.4 Å². The molecule has 0 aliphatic carbocycles. The first kappa shape index (κ1) is 48.9. The second-order valence-corrected chi connectivity index (χ2v) is 18.4. The number of nitrogens with two attached hydrogens (primary N) is 2. The van der Waals surface area contributed by atoms with Crippen LogP contribution in [0.5, 0.6) is 5.75 Å². The van der Waals surface area contributed by atoms with E-state index < -0.39 is 57.3 Å². The lowest BCUT2D eigenvalue weighted by Crippen LogP contribution is -2.51. The highest BCUT2D eigenvalue weighted by Crippen LogP contribution is 2.36. The molecule has 5 rings (SSSR count). The van der Waals surface area contributed by atoms with E-state index in [1.54, 1.807) is 82.4 Å². The molecule has 2 aromatic heterocycles. The summed E-state index contributed by atoms with van der Waals surface area (Å²) in [6, 6.07) is 18.1. The molecule has 5 aromatic rings. The van der Waals surface area contributed by atoms with Crippen molar-refractivity contribution in [1.29, 1.82) is 0 Å². The first-order chi connectivity index (χ1) is 30.4. The third-order valence-corrected chi connectivity index (χ3v) is 11.9. The normalized spacial score (nSPS) is 13.4. The van der Waals surface area contributed by atoms with Crippen molar-refractivity contribution in [2.75, 3.05) is 35.9 Å². The van der Waals surface area contributed by atoms with Crippen molar-refractivity contribution < 1.29 is 46.2 Å². The number of fused-ring (bicyclic) bond motifs is 1. The number of halogens is 1. The summed E-state index contributed by atoms with van der Waals surface area (Å²) in [5.41, 5.74) is 13.1. The van der Waals surface area contributed by atoms with Crippen LogP contribution in [0.2, 0.25) is 0 Å². The number of nitrogens with zero attached hydrogens (tertiary/aromatic N) is 4. The summed E-state index contributed by atoms with van der Waals surface area (Å²) >= 11 is 0.980. The van der Waals surface area contributed by atoms with E-state index >= 15 is 0 Å². The molecular formula is C44H53FN8O9S2. The van der Waals surface area contributed by atoms with Crippen molar-refractivity contribution in [2.24, 2.45) is 17.4 Å². The summed E-state index contributed by atoms with van der Waals surface area (Å²) < 4.78 is 56.8. The van der Waals surface area contributed by atoms with E-state index in [0.29, 0.717) is 54.0 Å². The van der Waals surface area contributed by atoms with E-state index in [1.165, 1.54) is 42.0 Å². The zero-order valence-corrected chi connectivity index (χ0v) is 38.0.